The van der Waals surface area contributed by atoms with Crippen LogP contribution in [0.1, 0.15) is 29.4 Å². The zero-order chi connectivity index (χ0) is 14.4. The maximum absolute atomic E-state index is 12.0. The molecule has 0 saturated carbocycles. The molecule has 2 aromatic heterocycles. The first-order chi connectivity index (χ1) is 9.70. The Balaban J connectivity index is 2.04. The highest BCUT2D eigenvalue weighted by Crippen LogP contribution is 2.12. The van der Waals surface area contributed by atoms with E-state index in [0.29, 0.717) is 11.5 Å². The van der Waals surface area contributed by atoms with Gasteiger partial charge in [-0.2, -0.15) is 0 Å². The third-order valence-corrected chi connectivity index (χ3v) is 2.74. The molecule has 1 amide bonds. The molecule has 0 atom stereocenters. The van der Waals surface area contributed by atoms with Crippen LogP contribution in [0.25, 0.3) is 0 Å². The monoisotopic (exact) mass is 271 g/mol. The molecule has 0 saturated heterocycles. The van der Waals surface area contributed by atoms with E-state index in [1.807, 2.05) is 13.0 Å². The minimum absolute atomic E-state index is 0.273. The highest BCUT2D eigenvalue weighted by molar-refractivity contribution is 6.03. The van der Waals surface area contributed by atoms with Crippen LogP contribution < -0.4 is 10.6 Å². The summed E-state index contributed by atoms with van der Waals surface area (Å²) in [6.07, 6.45) is 4.29. The van der Waals surface area contributed by atoms with Crippen molar-refractivity contribution in [3.05, 3.63) is 41.9 Å². The summed E-state index contributed by atoms with van der Waals surface area (Å²) in [4.78, 5) is 16.0. The number of aryl methyl sites for hydroxylation is 1. The number of aromatic nitrogens is 3. The molecule has 104 valence electrons. The number of pyridine rings is 1. The summed E-state index contributed by atoms with van der Waals surface area (Å²) in [5, 5.41) is 13.7. The molecular formula is C14H17N5O. The molecule has 0 unspecified atom stereocenters. The molecule has 0 fully saturated rings. The average Bonchev–Trinajstić information content (AvgIpc) is 2.48. The summed E-state index contributed by atoms with van der Waals surface area (Å²) in [6.45, 7) is 4.80. The van der Waals surface area contributed by atoms with Crippen LogP contribution in [0.4, 0.5) is 11.5 Å². The van der Waals surface area contributed by atoms with Crippen molar-refractivity contribution < 1.29 is 4.79 Å². The van der Waals surface area contributed by atoms with Gasteiger partial charge in [-0.3, -0.25) is 9.78 Å². The Labute approximate surface area is 117 Å². The quantitative estimate of drug-likeness (QED) is 0.872. The van der Waals surface area contributed by atoms with Gasteiger partial charge >= 0.3 is 0 Å². The molecule has 0 aromatic carbocycles. The first-order valence-corrected chi connectivity index (χ1v) is 6.50. The predicted octanol–water partition coefficient (Wildman–Crippen LogP) is 2.25. The smallest absolute Gasteiger partial charge is 0.276 e. The Morgan fingerprint density at radius 2 is 2.10 bits per heavy atom. The van der Waals surface area contributed by atoms with Gasteiger partial charge in [-0.05, 0) is 37.1 Å². The van der Waals surface area contributed by atoms with Gasteiger partial charge in [-0.1, -0.05) is 6.92 Å². The number of anilines is 2. The Bertz CT molecular complexity index is 582. The molecule has 6 nitrogen and oxygen atoms in total. The van der Waals surface area contributed by atoms with Crippen molar-refractivity contribution >= 4 is 17.4 Å². The Kier molecular flexibility index (Phi) is 4.60. The number of nitrogens with one attached hydrogen (secondary N) is 2. The summed E-state index contributed by atoms with van der Waals surface area (Å²) in [6, 6.07) is 5.22. The van der Waals surface area contributed by atoms with Gasteiger partial charge in [-0.15, -0.1) is 10.2 Å². The highest BCUT2D eigenvalue weighted by Gasteiger charge is 2.09. The van der Waals surface area contributed by atoms with Crippen LogP contribution in [0.15, 0.2) is 30.6 Å². The summed E-state index contributed by atoms with van der Waals surface area (Å²) in [7, 11) is 0. The molecule has 0 aliphatic carbocycles. The third-order valence-electron chi connectivity index (χ3n) is 2.74. The SMILES string of the molecule is CCCNc1ccc(C(=O)Nc2cnccc2C)nn1. The lowest BCUT2D eigenvalue weighted by Gasteiger charge is -2.07. The molecular weight excluding hydrogens is 254 g/mol. The third kappa shape index (κ3) is 3.50. The molecule has 20 heavy (non-hydrogen) atoms. The van der Waals surface area contributed by atoms with Crippen molar-refractivity contribution in [1.82, 2.24) is 15.2 Å². The topological polar surface area (TPSA) is 79.8 Å². The minimum Gasteiger partial charge on any atom is -0.369 e. The molecule has 0 bridgehead atoms. The second kappa shape index (κ2) is 6.60. The summed E-state index contributed by atoms with van der Waals surface area (Å²) < 4.78 is 0. The zero-order valence-electron chi connectivity index (χ0n) is 11.6. The molecule has 2 aromatic rings. The van der Waals surface area contributed by atoms with E-state index in [1.165, 1.54) is 0 Å². The van der Waals surface area contributed by atoms with E-state index in [0.717, 1.165) is 18.5 Å². The van der Waals surface area contributed by atoms with E-state index in [-0.39, 0.29) is 11.6 Å². The van der Waals surface area contributed by atoms with Gasteiger partial charge in [0.2, 0.25) is 0 Å². The lowest BCUT2D eigenvalue weighted by Crippen LogP contribution is -2.15. The molecule has 2 rings (SSSR count). The van der Waals surface area contributed by atoms with Crippen molar-refractivity contribution in [2.75, 3.05) is 17.2 Å². The molecule has 2 N–H and O–H groups in total. The van der Waals surface area contributed by atoms with Gasteiger partial charge in [0.1, 0.15) is 5.82 Å². The number of hydrogen-bond acceptors (Lipinski definition) is 5. The van der Waals surface area contributed by atoms with Crippen molar-refractivity contribution in [2.45, 2.75) is 20.3 Å². The first-order valence-electron chi connectivity index (χ1n) is 6.50. The summed E-state index contributed by atoms with van der Waals surface area (Å²) in [5.41, 5.74) is 1.89. The van der Waals surface area contributed by atoms with Crippen LogP contribution in [-0.2, 0) is 0 Å². The Morgan fingerprint density at radius 1 is 1.25 bits per heavy atom. The van der Waals surface area contributed by atoms with E-state index in [4.69, 9.17) is 0 Å². The molecule has 0 aliphatic rings. The van der Waals surface area contributed by atoms with Crippen LogP contribution >= 0.6 is 0 Å². The average molecular weight is 271 g/mol. The van der Waals surface area contributed by atoms with Crippen molar-refractivity contribution in [3.8, 4) is 0 Å². The maximum atomic E-state index is 12.0. The van der Waals surface area contributed by atoms with Crippen LogP contribution in [0.2, 0.25) is 0 Å². The Morgan fingerprint density at radius 3 is 2.75 bits per heavy atom. The molecule has 0 spiro atoms. The minimum atomic E-state index is -0.296. The van der Waals surface area contributed by atoms with E-state index in [2.05, 4.69) is 32.7 Å². The van der Waals surface area contributed by atoms with Crippen LogP contribution in [-0.4, -0.2) is 27.6 Å². The van der Waals surface area contributed by atoms with E-state index < -0.39 is 0 Å². The number of amides is 1. The summed E-state index contributed by atoms with van der Waals surface area (Å²) in [5.74, 6) is 0.372. The molecule has 2 heterocycles. The summed E-state index contributed by atoms with van der Waals surface area (Å²) >= 11 is 0. The molecule has 0 aliphatic heterocycles. The number of rotatable bonds is 5. The van der Waals surface area contributed by atoms with Gasteiger partial charge < -0.3 is 10.6 Å². The van der Waals surface area contributed by atoms with Crippen molar-refractivity contribution in [1.29, 1.82) is 0 Å². The number of nitrogens with zero attached hydrogens (tertiary/aromatic N) is 3. The number of carbonyl (C=O) groups excluding carboxylic acids is 1. The van der Waals surface area contributed by atoms with Gasteiger partial charge in [0.25, 0.3) is 5.91 Å². The van der Waals surface area contributed by atoms with E-state index >= 15 is 0 Å². The lowest BCUT2D eigenvalue weighted by atomic mass is 10.2. The maximum Gasteiger partial charge on any atom is 0.276 e. The fraction of sp³-hybridized carbons (Fsp3) is 0.286. The second-order valence-corrected chi connectivity index (χ2v) is 4.38. The number of hydrogen-bond donors (Lipinski definition) is 2. The fourth-order valence-corrected chi connectivity index (χ4v) is 1.58. The van der Waals surface area contributed by atoms with Gasteiger partial charge in [0.05, 0.1) is 11.9 Å². The van der Waals surface area contributed by atoms with Gasteiger partial charge in [0.15, 0.2) is 5.69 Å². The molecule has 6 heteroatoms. The number of carbonyl (C=O) groups is 1. The second-order valence-electron chi connectivity index (χ2n) is 4.38. The predicted molar refractivity (Wildman–Crippen MR) is 77.7 cm³/mol. The van der Waals surface area contributed by atoms with Crippen LogP contribution in [0, 0.1) is 6.92 Å². The van der Waals surface area contributed by atoms with E-state index in [9.17, 15) is 4.79 Å². The highest BCUT2D eigenvalue weighted by atomic mass is 16.1. The van der Waals surface area contributed by atoms with E-state index in [1.54, 1.807) is 24.5 Å². The zero-order valence-corrected chi connectivity index (χ0v) is 11.6. The van der Waals surface area contributed by atoms with Crippen LogP contribution in [0.5, 0.6) is 0 Å². The van der Waals surface area contributed by atoms with Gasteiger partial charge in [0, 0.05) is 12.7 Å². The fourth-order valence-electron chi connectivity index (χ4n) is 1.58. The lowest BCUT2D eigenvalue weighted by molar-refractivity contribution is 0.102. The van der Waals surface area contributed by atoms with Crippen molar-refractivity contribution in [3.63, 3.8) is 0 Å². The largest absolute Gasteiger partial charge is 0.369 e. The van der Waals surface area contributed by atoms with Gasteiger partial charge in [-0.25, -0.2) is 0 Å². The Hall–Kier alpha value is -2.50. The normalized spacial score (nSPS) is 10.1. The first kappa shape index (κ1) is 13.9. The van der Waals surface area contributed by atoms with Crippen LogP contribution in [0.3, 0.4) is 0 Å². The van der Waals surface area contributed by atoms with Crippen molar-refractivity contribution in [2.24, 2.45) is 0 Å². The molecule has 0 radical (unpaired) electrons. The standard InChI is InChI=1S/C14H17N5O/c1-3-7-16-13-5-4-11(18-19-13)14(20)17-12-9-15-8-6-10(12)2/h4-6,8-9H,3,7H2,1-2H3,(H,16,19)(H,17,20).